The van der Waals surface area contributed by atoms with E-state index in [1.54, 1.807) is 0 Å². The summed E-state index contributed by atoms with van der Waals surface area (Å²) in [7, 11) is 0. The first-order valence-corrected chi connectivity index (χ1v) is 33.7. The van der Waals surface area contributed by atoms with E-state index < -0.39 is 102 Å². The summed E-state index contributed by atoms with van der Waals surface area (Å²) in [5, 5.41) is 18.3. The minimum atomic E-state index is -1.09. The first-order chi connectivity index (χ1) is 47.3. The Hall–Kier alpha value is -7.61. The predicted octanol–water partition coefficient (Wildman–Crippen LogP) is 11.9. The highest BCUT2D eigenvalue weighted by molar-refractivity contribution is 5.72. The summed E-state index contributed by atoms with van der Waals surface area (Å²) in [6.45, 7) is 21.0. The maximum atomic E-state index is 11.3. The normalized spacial score (nSPS) is 24.5. The molecule has 11 rings (SSSR count). The summed E-state index contributed by atoms with van der Waals surface area (Å²) >= 11 is 0. The fourth-order valence-corrected chi connectivity index (χ4v) is 12.1. The number of aliphatic carboxylic acids is 1. The molecule has 3 unspecified atom stereocenters. The molecule has 0 saturated carbocycles. The molecule has 0 aliphatic carbocycles. The van der Waals surface area contributed by atoms with Crippen LogP contribution in [0.1, 0.15) is 142 Å². The van der Waals surface area contributed by atoms with Crippen LogP contribution in [0.25, 0.3) is 0 Å². The van der Waals surface area contributed by atoms with E-state index in [4.69, 9.17) is 76.2 Å². The molecule has 0 amide bonds. The van der Waals surface area contributed by atoms with Gasteiger partial charge in [0, 0.05) is 40.9 Å². The van der Waals surface area contributed by atoms with Gasteiger partial charge in [-0.05, 0) is 87.8 Å². The molecule has 2 N–H and O–H groups in total. The Morgan fingerprint density at radius 1 is 0.424 bits per heavy atom. The second-order valence-corrected chi connectivity index (χ2v) is 25.3. The Labute approximate surface area is 581 Å². The lowest BCUT2D eigenvalue weighted by Gasteiger charge is -2.37. The number of benzene rings is 6. The first-order valence-electron chi connectivity index (χ1n) is 33.7. The number of aliphatic hydroxyl groups is 1. The van der Waals surface area contributed by atoms with Gasteiger partial charge in [0.1, 0.15) is 72.4 Å². The number of aliphatic hydroxyl groups excluding tert-OH is 1. The van der Waals surface area contributed by atoms with Crippen LogP contribution in [0.15, 0.2) is 182 Å². The summed E-state index contributed by atoms with van der Waals surface area (Å²) in [4.78, 5) is 52.0. The largest absolute Gasteiger partial charge is 0.481 e. The lowest BCUT2D eigenvalue weighted by atomic mass is 9.80. The van der Waals surface area contributed by atoms with Crippen LogP contribution in [-0.4, -0.2) is 158 Å². The molecule has 99 heavy (non-hydrogen) atoms. The quantitative estimate of drug-likeness (QED) is 0.0247. The fourth-order valence-electron chi connectivity index (χ4n) is 12.1. The van der Waals surface area contributed by atoms with Gasteiger partial charge in [0.05, 0.1) is 13.2 Å². The van der Waals surface area contributed by atoms with Gasteiger partial charge in [-0.2, -0.15) is 0 Å². The van der Waals surface area contributed by atoms with Crippen molar-refractivity contribution in [2.45, 2.75) is 205 Å². The van der Waals surface area contributed by atoms with Crippen molar-refractivity contribution in [3.05, 3.63) is 215 Å². The molecule has 0 bridgehead atoms. The molecule has 21 heteroatoms. The lowest BCUT2D eigenvalue weighted by Crippen LogP contribution is -2.42. The van der Waals surface area contributed by atoms with E-state index in [1.165, 1.54) is 34.6 Å². The third kappa shape index (κ3) is 21.9. The Kier molecular flexibility index (Phi) is 30.0. The number of hydrogen-bond donors (Lipinski definition) is 2. The maximum Gasteiger partial charge on any atom is 0.305 e. The summed E-state index contributed by atoms with van der Waals surface area (Å²) in [6, 6.07) is 61.5. The van der Waals surface area contributed by atoms with E-state index in [2.05, 4.69) is 116 Å². The third-order valence-corrected chi connectivity index (χ3v) is 16.1. The van der Waals surface area contributed by atoms with Gasteiger partial charge in [-0.1, -0.05) is 209 Å². The van der Waals surface area contributed by atoms with Crippen LogP contribution in [0.2, 0.25) is 0 Å². The van der Waals surface area contributed by atoms with Crippen LogP contribution in [-0.2, 0) is 101 Å². The zero-order valence-corrected chi connectivity index (χ0v) is 58.8. The molecule has 5 aliphatic rings. The minimum absolute atomic E-state index is 0.0817. The molecule has 5 saturated heterocycles. The number of ether oxygens (including phenoxy) is 14. The highest BCUT2D eigenvalue weighted by atomic mass is 16.9. The monoisotopic (exact) mass is 1370 g/mol. The zero-order valence-electron chi connectivity index (χ0n) is 58.8. The van der Waals surface area contributed by atoms with Crippen LogP contribution >= 0.6 is 0 Å². The Morgan fingerprint density at radius 2 is 0.747 bits per heavy atom. The van der Waals surface area contributed by atoms with E-state index in [0.29, 0.717) is 19.8 Å². The van der Waals surface area contributed by atoms with Crippen molar-refractivity contribution in [3.63, 3.8) is 0 Å². The number of rotatable bonds is 24. The van der Waals surface area contributed by atoms with Crippen molar-refractivity contribution in [1.29, 1.82) is 0 Å². The van der Waals surface area contributed by atoms with Crippen molar-refractivity contribution in [3.8, 4) is 0 Å². The van der Waals surface area contributed by atoms with Gasteiger partial charge in [-0.15, -0.1) is 0 Å². The number of carboxylic acid groups (broad SMARTS) is 1. The molecule has 12 atom stereocenters. The number of carbonyl (C=O) groups excluding carboxylic acids is 4. The number of Topliss-reactive ketones (excluding diaryl/α,β-unsaturated/α-hetero) is 1. The summed E-state index contributed by atoms with van der Waals surface area (Å²) < 4.78 is 82.9. The Balaban J connectivity index is 0.000000202. The van der Waals surface area contributed by atoms with E-state index in [-0.39, 0.29) is 37.3 Å². The fraction of sp³-hybridized carbons (Fsp3) is 0.474. The van der Waals surface area contributed by atoms with E-state index in [9.17, 15) is 24.3 Å². The number of hydrogen-bond acceptors (Lipinski definition) is 20. The molecular weight excluding hydrogens is 1270 g/mol. The van der Waals surface area contributed by atoms with Crippen LogP contribution in [0.3, 0.4) is 0 Å². The van der Waals surface area contributed by atoms with Crippen molar-refractivity contribution >= 4 is 29.7 Å². The number of carbonyl (C=O) groups is 5. The van der Waals surface area contributed by atoms with Crippen LogP contribution < -0.4 is 0 Å². The number of carboxylic acids is 1. The number of unbranched alkanes of at least 4 members (excludes halogenated alkanes) is 2. The van der Waals surface area contributed by atoms with Gasteiger partial charge >= 0.3 is 17.9 Å². The van der Waals surface area contributed by atoms with Gasteiger partial charge in [0.2, 0.25) is 6.29 Å². The highest BCUT2D eigenvalue weighted by Crippen LogP contribution is 2.46. The van der Waals surface area contributed by atoms with Crippen LogP contribution in [0, 0.1) is 0 Å². The minimum Gasteiger partial charge on any atom is -0.481 e. The molecule has 5 fully saturated rings. The molecule has 0 aromatic heterocycles. The predicted molar refractivity (Wildman–Crippen MR) is 365 cm³/mol. The second-order valence-electron chi connectivity index (χ2n) is 25.3. The summed E-state index contributed by atoms with van der Waals surface area (Å²) in [5.41, 5.74) is 4.47. The van der Waals surface area contributed by atoms with Gasteiger partial charge in [-0.3, -0.25) is 19.2 Å². The Bertz CT molecular complexity index is 3180. The SMILES string of the molecule is CC(=O)O.CC(C)=O.CC1(C)OC2O[C@H](COC(c3ccccc3)(c3ccccc3)c3ccccc3)[C@H](O)[C@H]2O1.CCCCO[C@H]1[C@@H](COC(C)=O)OC(OC(C)=O)[C@@H]1OC(C)=O.CCCCO[C@H]1[C@@H](COC(c2ccccc2)(c2ccccc2)c2ccccc2)OC2OC(C)(C)O[C@@H]21. The van der Waals surface area contributed by atoms with Crippen molar-refractivity contribution < 1.29 is 101 Å². The summed E-state index contributed by atoms with van der Waals surface area (Å²) in [6.07, 6.45) is -3.52. The van der Waals surface area contributed by atoms with E-state index in [1.807, 2.05) is 107 Å². The first kappa shape index (κ1) is 78.7. The molecule has 536 valence electrons. The van der Waals surface area contributed by atoms with E-state index >= 15 is 0 Å². The molecule has 6 aromatic carbocycles. The standard InChI is InChI=1S/C31H36O5.C27H28O5.C15H24O8.C3H6O.C2H4O2/c1-4-5-21-32-27-26(34-29-28(27)35-30(2,3)36-29)22-33-31(23-15-9-6-10-16-23,24-17-11-7-12-18-24)25-19-13-8-14-20-25;1-26(2)31-24-23(28)22(30-25(24)32-26)18-29-27(19-12-6-3-7-13-19,20-14-8-4-9-15-20)21-16-10-5-11-17-21;1-5-6-7-19-13-12(8-20-9(2)16)23-15(22-11(4)18)14(13)21-10(3)17;1-3(2)4;1-2(3)4/h6-20,26-29H,4-5,21-22H2,1-3H3;3-17,22-25,28H,18H2,1-2H3;12-15H,5-8H2,1-4H3;1-2H3;1H3,(H,3,4)/t26-,27+,28-,29?;22-,23+,24-,25?;12-,13+,14-,15?;;/m111../s1. The lowest BCUT2D eigenvalue weighted by molar-refractivity contribution is -0.227. The molecule has 21 nitrogen and oxygen atoms in total. The second kappa shape index (κ2) is 37.7. The Morgan fingerprint density at radius 3 is 1.09 bits per heavy atom. The van der Waals surface area contributed by atoms with Crippen LogP contribution in [0.4, 0.5) is 0 Å². The highest BCUT2D eigenvalue weighted by Gasteiger charge is 2.57. The molecule has 0 radical (unpaired) electrons. The molecular formula is C78H98O21. The third-order valence-electron chi connectivity index (χ3n) is 16.1. The average Bonchev–Trinajstić information content (AvgIpc) is 1.72. The van der Waals surface area contributed by atoms with Crippen molar-refractivity contribution in [2.75, 3.05) is 33.0 Å². The molecule has 5 heterocycles. The van der Waals surface area contributed by atoms with Gasteiger partial charge < -0.3 is 81.3 Å². The number of esters is 3. The van der Waals surface area contributed by atoms with Crippen molar-refractivity contribution in [2.24, 2.45) is 0 Å². The molecule has 5 aliphatic heterocycles. The summed E-state index contributed by atoms with van der Waals surface area (Å²) in [5.74, 6) is -3.74. The number of fused-ring (bicyclic) bond motifs is 2. The average molecular weight is 1370 g/mol. The molecule has 6 aromatic rings. The zero-order chi connectivity index (χ0) is 71.8. The van der Waals surface area contributed by atoms with Gasteiger partial charge in [0.25, 0.3) is 5.97 Å². The van der Waals surface area contributed by atoms with Gasteiger partial charge in [-0.25, -0.2) is 0 Å². The van der Waals surface area contributed by atoms with E-state index in [0.717, 1.165) is 66.0 Å². The van der Waals surface area contributed by atoms with Gasteiger partial charge in [0.15, 0.2) is 30.3 Å². The topological polar surface area (TPSA) is 255 Å². The molecule has 0 spiro atoms. The number of ketones is 1. The van der Waals surface area contributed by atoms with Crippen molar-refractivity contribution in [1.82, 2.24) is 0 Å². The smallest absolute Gasteiger partial charge is 0.305 e. The van der Waals surface area contributed by atoms with Crippen LogP contribution in [0.5, 0.6) is 0 Å². The maximum absolute atomic E-state index is 11.3.